The molecule has 0 bridgehead atoms. The zero-order valence-electron chi connectivity index (χ0n) is 14.5. The second kappa shape index (κ2) is 8.39. The fourth-order valence-corrected chi connectivity index (χ4v) is 2.72. The molecule has 0 heterocycles. The van der Waals surface area contributed by atoms with Crippen molar-refractivity contribution in [1.82, 2.24) is 0 Å². The molecule has 0 fully saturated rings. The summed E-state index contributed by atoms with van der Waals surface area (Å²) in [7, 11) is 0. The maximum atomic E-state index is 11.5. The molecule has 1 unspecified atom stereocenters. The number of nitro groups is 1. The van der Waals surface area contributed by atoms with Crippen molar-refractivity contribution in [3.05, 3.63) is 64.2 Å². The number of benzene rings is 2. The fraction of sp³-hybridized carbons (Fsp3) is 0.222. The molecule has 0 radical (unpaired) electrons. The monoisotopic (exact) mass is 372 g/mol. The lowest BCUT2D eigenvalue weighted by atomic mass is 10.1. The van der Waals surface area contributed by atoms with Crippen LogP contribution in [0.15, 0.2) is 48.5 Å². The van der Waals surface area contributed by atoms with Crippen LogP contribution < -0.4 is 16.0 Å². The second-order valence-corrected chi connectivity index (χ2v) is 6.29. The number of nitro benzene ring substituents is 1. The van der Waals surface area contributed by atoms with Crippen LogP contribution in [-0.4, -0.2) is 22.5 Å². The number of nitrogens with one attached hydrogen (secondary N) is 1. The quantitative estimate of drug-likeness (QED) is 0.459. The minimum atomic E-state index is -0.477. The topological polar surface area (TPSA) is 102 Å². The van der Waals surface area contributed by atoms with Gasteiger partial charge in [0, 0.05) is 18.3 Å². The number of nitrogens with two attached hydrogens (primary N) is 1. The number of nitrogens with zero attached hydrogens (tertiary/aromatic N) is 2. The number of primary amides is 1. The number of hydrogen-bond acceptors (Lipinski definition) is 4. The zero-order valence-corrected chi connectivity index (χ0v) is 15.3. The van der Waals surface area contributed by atoms with E-state index in [0.717, 1.165) is 11.3 Å². The number of amides is 1. The average molecular weight is 372 g/mol. The molecule has 2 aromatic rings. The van der Waals surface area contributed by atoms with Crippen molar-refractivity contribution in [2.45, 2.75) is 13.8 Å². The first-order valence-electron chi connectivity index (χ1n) is 7.98. The lowest BCUT2D eigenvalue weighted by Gasteiger charge is -2.29. The second-order valence-electron chi connectivity index (χ2n) is 5.90. The van der Waals surface area contributed by atoms with Gasteiger partial charge in [-0.25, -0.2) is 0 Å². The van der Waals surface area contributed by atoms with Crippen molar-refractivity contribution in [3.63, 3.8) is 0 Å². The van der Waals surface area contributed by atoms with E-state index in [4.69, 9.17) is 18.0 Å². The Bertz CT molecular complexity index is 841. The Morgan fingerprint density at radius 2 is 1.88 bits per heavy atom. The number of carbonyl (C=O) groups is 1. The fourth-order valence-electron chi connectivity index (χ4n) is 2.44. The van der Waals surface area contributed by atoms with Crippen LogP contribution in [0.2, 0.25) is 0 Å². The highest BCUT2D eigenvalue weighted by Crippen LogP contribution is 2.26. The van der Waals surface area contributed by atoms with E-state index in [1.807, 2.05) is 31.2 Å². The molecule has 2 rings (SSSR count). The van der Waals surface area contributed by atoms with E-state index in [1.54, 1.807) is 30.0 Å². The molecule has 0 aliphatic rings. The van der Waals surface area contributed by atoms with Gasteiger partial charge in [-0.1, -0.05) is 37.3 Å². The Balaban J connectivity index is 2.36. The van der Waals surface area contributed by atoms with Gasteiger partial charge in [0.1, 0.15) is 5.69 Å². The van der Waals surface area contributed by atoms with Crippen molar-refractivity contribution >= 4 is 40.3 Å². The molecule has 0 aromatic heterocycles. The summed E-state index contributed by atoms with van der Waals surface area (Å²) in [5, 5.41) is 14.4. The lowest BCUT2D eigenvalue weighted by molar-refractivity contribution is -0.383. The molecule has 136 valence electrons. The molecule has 0 aliphatic heterocycles. The van der Waals surface area contributed by atoms with Crippen molar-refractivity contribution in [2.75, 3.05) is 16.8 Å². The van der Waals surface area contributed by atoms with Gasteiger partial charge in [-0.05, 0) is 36.8 Å². The highest BCUT2D eigenvalue weighted by Gasteiger charge is 2.22. The van der Waals surface area contributed by atoms with E-state index in [0.29, 0.717) is 0 Å². The number of para-hydroxylation sites is 3. The van der Waals surface area contributed by atoms with Gasteiger partial charge in [-0.3, -0.25) is 14.9 Å². The summed E-state index contributed by atoms with van der Waals surface area (Å²) in [5.74, 6) is -0.905. The predicted octanol–water partition coefficient (Wildman–Crippen LogP) is 3.23. The van der Waals surface area contributed by atoms with Crippen LogP contribution >= 0.6 is 12.2 Å². The molecular formula is C18H20N4O3S. The van der Waals surface area contributed by atoms with Crippen molar-refractivity contribution in [1.29, 1.82) is 0 Å². The minimum absolute atomic E-state index is 0.0810. The Morgan fingerprint density at radius 3 is 2.50 bits per heavy atom. The number of carbonyl (C=O) groups excluding carboxylic acids is 1. The molecule has 0 spiro atoms. The van der Waals surface area contributed by atoms with Crippen LogP contribution in [0.1, 0.15) is 12.5 Å². The molecule has 8 heteroatoms. The lowest BCUT2D eigenvalue weighted by Crippen LogP contribution is -2.41. The van der Waals surface area contributed by atoms with Crippen molar-refractivity contribution < 1.29 is 9.72 Å². The molecule has 2 aromatic carbocycles. The van der Waals surface area contributed by atoms with E-state index in [9.17, 15) is 14.9 Å². The number of thiocarbonyl (C=S) groups is 1. The molecule has 26 heavy (non-hydrogen) atoms. The number of aryl methyl sites for hydroxylation is 1. The van der Waals surface area contributed by atoms with Gasteiger partial charge in [-0.15, -0.1) is 0 Å². The van der Waals surface area contributed by atoms with Crippen LogP contribution in [0, 0.1) is 23.0 Å². The third-order valence-electron chi connectivity index (χ3n) is 3.94. The molecule has 0 saturated carbocycles. The first kappa shape index (κ1) is 19.3. The summed E-state index contributed by atoms with van der Waals surface area (Å²) in [6, 6.07) is 13.8. The standard InChI is InChI=1S/C18H20N4O3S/c1-12-7-3-5-9-15(12)21(11-13(2)17(19)23)18(26)20-14-8-4-6-10-16(14)22(24)25/h3-10,13H,11H2,1-2H3,(H2,19,23)(H,20,26). The largest absolute Gasteiger partial charge is 0.369 e. The van der Waals surface area contributed by atoms with Gasteiger partial charge in [0.2, 0.25) is 5.91 Å². The number of rotatable bonds is 6. The van der Waals surface area contributed by atoms with Gasteiger partial charge in [0.05, 0.1) is 10.8 Å². The normalized spacial score (nSPS) is 11.5. The highest BCUT2D eigenvalue weighted by atomic mass is 32.1. The van der Waals surface area contributed by atoms with Crippen LogP contribution in [-0.2, 0) is 4.79 Å². The van der Waals surface area contributed by atoms with Crippen LogP contribution in [0.3, 0.4) is 0 Å². The molecule has 1 amide bonds. The summed E-state index contributed by atoms with van der Waals surface area (Å²) in [6.45, 7) is 3.89. The highest BCUT2D eigenvalue weighted by molar-refractivity contribution is 7.80. The van der Waals surface area contributed by atoms with E-state index >= 15 is 0 Å². The average Bonchev–Trinajstić information content (AvgIpc) is 2.60. The number of hydrogen-bond donors (Lipinski definition) is 2. The Labute approximate surface area is 157 Å². The Hall–Kier alpha value is -3.00. The SMILES string of the molecule is Cc1ccccc1N(CC(C)C(N)=O)C(=S)Nc1ccccc1[N+](=O)[O-]. The Kier molecular flexibility index (Phi) is 6.24. The molecule has 0 saturated heterocycles. The van der Waals surface area contributed by atoms with Gasteiger partial charge < -0.3 is 16.0 Å². The smallest absolute Gasteiger partial charge is 0.292 e. The maximum absolute atomic E-state index is 11.5. The van der Waals surface area contributed by atoms with Gasteiger partial charge in [-0.2, -0.15) is 0 Å². The summed E-state index contributed by atoms with van der Waals surface area (Å²) in [4.78, 5) is 24.0. The molecule has 1 atom stereocenters. The van der Waals surface area contributed by atoms with Gasteiger partial charge >= 0.3 is 0 Å². The number of anilines is 2. The molecule has 3 N–H and O–H groups in total. The summed E-state index contributed by atoms with van der Waals surface area (Å²) in [6.07, 6.45) is 0. The third-order valence-corrected chi connectivity index (χ3v) is 4.26. The van der Waals surface area contributed by atoms with Crippen LogP contribution in [0.5, 0.6) is 0 Å². The maximum Gasteiger partial charge on any atom is 0.292 e. The predicted molar refractivity (Wildman–Crippen MR) is 106 cm³/mol. The zero-order chi connectivity index (χ0) is 19.3. The van der Waals surface area contributed by atoms with Crippen molar-refractivity contribution in [2.24, 2.45) is 11.7 Å². The van der Waals surface area contributed by atoms with Crippen LogP contribution in [0.4, 0.5) is 17.1 Å². The summed E-state index contributed by atoms with van der Waals surface area (Å²) in [5.41, 5.74) is 7.36. The van der Waals surface area contributed by atoms with Gasteiger partial charge in [0.25, 0.3) is 5.69 Å². The molecular weight excluding hydrogens is 352 g/mol. The van der Waals surface area contributed by atoms with Gasteiger partial charge in [0.15, 0.2) is 5.11 Å². The first-order valence-corrected chi connectivity index (χ1v) is 8.39. The van der Waals surface area contributed by atoms with Crippen LogP contribution in [0.25, 0.3) is 0 Å². The summed E-state index contributed by atoms with van der Waals surface area (Å²) >= 11 is 5.49. The van der Waals surface area contributed by atoms with E-state index in [1.165, 1.54) is 6.07 Å². The van der Waals surface area contributed by atoms with E-state index in [2.05, 4.69) is 5.32 Å². The van der Waals surface area contributed by atoms with E-state index < -0.39 is 16.7 Å². The molecule has 0 aliphatic carbocycles. The van der Waals surface area contributed by atoms with E-state index in [-0.39, 0.29) is 23.0 Å². The molecule has 7 nitrogen and oxygen atoms in total. The first-order chi connectivity index (χ1) is 12.3. The Morgan fingerprint density at radius 1 is 1.27 bits per heavy atom. The third kappa shape index (κ3) is 4.54. The summed E-state index contributed by atoms with van der Waals surface area (Å²) < 4.78 is 0. The van der Waals surface area contributed by atoms with Crippen molar-refractivity contribution in [3.8, 4) is 0 Å². The minimum Gasteiger partial charge on any atom is -0.369 e.